The van der Waals surface area contributed by atoms with E-state index in [-0.39, 0.29) is 18.2 Å². The van der Waals surface area contributed by atoms with Gasteiger partial charge in [-0.2, -0.15) is 0 Å². The van der Waals surface area contributed by atoms with Crippen LogP contribution in [0.3, 0.4) is 0 Å². The first-order valence-corrected chi connectivity index (χ1v) is 7.22. The Bertz CT molecular complexity index is 663. The van der Waals surface area contributed by atoms with Gasteiger partial charge in [0.1, 0.15) is 0 Å². The van der Waals surface area contributed by atoms with Gasteiger partial charge in [0.15, 0.2) is 5.78 Å². The molecule has 2 aromatic rings. The lowest BCUT2D eigenvalue weighted by atomic mass is 10.1. The topological polar surface area (TPSA) is 58.2 Å². The van der Waals surface area contributed by atoms with Crippen molar-refractivity contribution < 1.29 is 9.59 Å². The third kappa shape index (κ3) is 4.82. The number of carbonyl (C=O) groups is 2. The van der Waals surface area contributed by atoms with Gasteiger partial charge >= 0.3 is 0 Å². The van der Waals surface area contributed by atoms with Crippen molar-refractivity contribution in [3.63, 3.8) is 0 Å². The molecule has 0 fully saturated rings. The fraction of sp³-hybridized carbons (Fsp3) is 0.222. The van der Waals surface area contributed by atoms with Gasteiger partial charge in [0.2, 0.25) is 5.91 Å². The molecule has 0 aliphatic rings. The van der Waals surface area contributed by atoms with Gasteiger partial charge in [-0.05, 0) is 31.5 Å². The number of aryl methyl sites for hydroxylation is 1. The average Bonchev–Trinajstić information content (AvgIpc) is 2.49. The third-order valence-corrected chi connectivity index (χ3v) is 3.29. The Morgan fingerprint density at radius 1 is 1.05 bits per heavy atom. The van der Waals surface area contributed by atoms with E-state index in [1.54, 1.807) is 24.3 Å². The highest BCUT2D eigenvalue weighted by atomic mass is 16.2. The van der Waals surface area contributed by atoms with Crippen molar-refractivity contribution in [1.82, 2.24) is 5.32 Å². The summed E-state index contributed by atoms with van der Waals surface area (Å²) in [6.45, 7) is 4.41. The Labute approximate surface area is 130 Å². The SMILES string of the molecule is CC(=O)c1cccc(NC(=O)CNCc2ccc(C)cc2)c1. The second-order valence-electron chi connectivity index (χ2n) is 5.27. The summed E-state index contributed by atoms with van der Waals surface area (Å²) in [4.78, 5) is 23.2. The molecule has 0 saturated heterocycles. The van der Waals surface area contributed by atoms with Crippen LogP contribution in [0.4, 0.5) is 5.69 Å². The number of benzene rings is 2. The highest BCUT2D eigenvalue weighted by Gasteiger charge is 2.04. The molecule has 2 aromatic carbocycles. The van der Waals surface area contributed by atoms with Crippen LogP contribution in [0.15, 0.2) is 48.5 Å². The van der Waals surface area contributed by atoms with Crippen LogP contribution in [0.1, 0.15) is 28.4 Å². The molecule has 2 rings (SSSR count). The van der Waals surface area contributed by atoms with Crippen molar-refractivity contribution in [2.24, 2.45) is 0 Å². The van der Waals surface area contributed by atoms with Crippen LogP contribution >= 0.6 is 0 Å². The van der Waals surface area contributed by atoms with Crippen molar-refractivity contribution in [2.75, 3.05) is 11.9 Å². The van der Waals surface area contributed by atoms with Crippen LogP contribution in [0.2, 0.25) is 0 Å². The van der Waals surface area contributed by atoms with Crippen LogP contribution in [-0.2, 0) is 11.3 Å². The van der Waals surface area contributed by atoms with Gasteiger partial charge in [0.05, 0.1) is 6.54 Å². The quantitative estimate of drug-likeness (QED) is 0.806. The highest BCUT2D eigenvalue weighted by molar-refractivity contribution is 5.97. The van der Waals surface area contributed by atoms with E-state index in [1.165, 1.54) is 12.5 Å². The predicted octanol–water partition coefficient (Wildman–Crippen LogP) is 2.93. The van der Waals surface area contributed by atoms with Gasteiger partial charge in [-0.15, -0.1) is 0 Å². The first-order valence-electron chi connectivity index (χ1n) is 7.22. The number of anilines is 1. The second-order valence-corrected chi connectivity index (χ2v) is 5.27. The standard InChI is InChI=1S/C18H20N2O2/c1-13-6-8-15(9-7-13)11-19-12-18(22)20-17-5-3-4-16(10-17)14(2)21/h3-10,19H,11-12H2,1-2H3,(H,20,22). The summed E-state index contributed by atoms with van der Waals surface area (Å²) in [6.07, 6.45) is 0. The fourth-order valence-electron chi connectivity index (χ4n) is 2.05. The molecule has 22 heavy (non-hydrogen) atoms. The molecule has 0 unspecified atom stereocenters. The summed E-state index contributed by atoms with van der Waals surface area (Å²) < 4.78 is 0. The van der Waals surface area contributed by atoms with Crippen molar-refractivity contribution in [3.05, 3.63) is 65.2 Å². The normalized spacial score (nSPS) is 10.3. The molecule has 114 valence electrons. The predicted molar refractivity (Wildman–Crippen MR) is 88.0 cm³/mol. The molecule has 4 heteroatoms. The minimum Gasteiger partial charge on any atom is -0.325 e. The van der Waals surface area contributed by atoms with Crippen LogP contribution < -0.4 is 10.6 Å². The van der Waals surface area contributed by atoms with E-state index in [2.05, 4.69) is 10.6 Å². The lowest BCUT2D eigenvalue weighted by Crippen LogP contribution is -2.27. The molecule has 0 radical (unpaired) electrons. The summed E-state index contributed by atoms with van der Waals surface area (Å²) in [6, 6.07) is 15.1. The largest absolute Gasteiger partial charge is 0.325 e. The molecule has 0 saturated carbocycles. The lowest BCUT2D eigenvalue weighted by Gasteiger charge is -2.08. The van der Waals surface area contributed by atoms with Crippen molar-refractivity contribution in [1.29, 1.82) is 0 Å². The molecule has 0 heterocycles. The molecule has 0 bridgehead atoms. The maximum atomic E-state index is 11.9. The van der Waals surface area contributed by atoms with Crippen LogP contribution in [0.25, 0.3) is 0 Å². The molecule has 0 aromatic heterocycles. The molecular formula is C18H20N2O2. The Morgan fingerprint density at radius 2 is 1.77 bits per heavy atom. The van der Waals surface area contributed by atoms with E-state index in [1.807, 2.05) is 31.2 Å². The molecule has 0 atom stereocenters. The number of carbonyl (C=O) groups excluding carboxylic acids is 2. The Hall–Kier alpha value is -2.46. The molecular weight excluding hydrogens is 276 g/mol. The van der Waals surface area contributed by atoms with Gasteiger partial charge in [0, 0.05) is 17.8 Å². The number of Topliss-reactive ketones (excluding diaryl/α,β-unsaturated/α-hetero) is 1. The number of hydrogen-bond donors (Lipinski definition) is 2. The molecule has 4 nitrogen and oxygen atoms in total. The number of rotatable bonds is 6. The Morgan fingerprint density at radius 3 is 2.45 bits per heavy atom. The Kier molecular flexibility index (Phi) is 5.44. The van der Waals surface area contributed by atoms with Gasteiger partial charge < -0.3 is 10.6 Å². The van der Waals surface area contributed by atoms with Crippen LogP contribution in [0, 0.1) is 6.92 Å². The summed E-state index contributed by atoms with van der Waals surface area (Å²) in [7, 11) is 0. The highest BCUT2D eigenvalue weighted by Crippen LogP contribution is 2.11. The van der Waals surface area contributed by atoms with E-state index in [9.17, 15) is 9.59 Å². The minimum absolute atomic E-state index is 0.0198. The van der Waals surface area contributed by atoms with Crippen molar-refractivity contribution in [3.8, 4) is 0 Å². The number of hydrogen-bond acceptors (Lipinski definition) is 3. The monoisotopic (exact) mass is 296 g/mol. The zero-order chi connectivity index (χ0) is 15.9. The fourth-order valence-corrected chi connectivity index (χ4v) is 2.05. The van der Waals surface area contributed by atoms with E-state index in [4.69, 9.17) is 0 Å². The van der Waals surface area contributed by atoms with E-state index in [0.29, 0.717) is 17.8 Å². The van der Waals surface area contributed by atoms with E-state index in [0.717, 1.165) is 5.56 Å². The Balaban J connectivity index is 1.81. The maximum Gasteiger partial charge on any atom is 0.238 e. The summed E-state index contributed by atoms with van der Waals surface area (Å²) >= 11 is 0. The number of amides is 1. The smallest absolute Gasteiger partial charge is 0.238 e. The third-order valence-electron chi connectivity index (χ3n) is 3.29. The first kappa shape index (κ1) is 15.9. The van der Waals surface area contributed by atoms with Gasteiger partial charge in [-0.25, -0.2) is 0 Å². The molecule has 0 spiro atoms. The van der Waals surface area contributed by atoms with Crippen LogP contribution in [0.5, 0.6) is 0 Å². The van der Waals surface area contributed by atoms with Crippen molar-refractivity contribution in [2.45, 2.75) is 20.4 Å². The van der Waals surface area contributed by atoms with Gasteiger partial charge in [-0.3, -0.25) is 9.59 Å². The molecule has 1 amide bonds. The molecule has 2 N–H and O–H groups in total. The second kappa shape index (κ2) is 7.52. The zero-order valence-electron chi connectivity index (χ0n) is 12.8. The van der Waals surface area contributed by atoms with E-state index >= 15 is 0 Å². The average molecular weight is 296 g/mol. The van der Waals surface area contributed by atoms with Gasteiger partial charge in [0.25, 0.3) is 0 Å². The minimum atomic E-state index is -0.132. The summed E-state index contributed by atoms with van der Waals surface area (Å²) in [5.74, 6) is -0.151. The van der Waals surface area contributed by atoms with Crippen molar-refractivity contribution >= 4 is 17.4 Å². The van der Waals surface area contributed by atoms with Crippen LogP contribution in [-0.4, -0.2) is 18.2 Å². The summed E-state index contributed by atoms with van der Waals surface area (Å²) in [5, 5.41) is 5.88. The number of ketones is 1. The first-order chi connectivity index (χ1) is 10.5. The zero-order valence-corrected chi connectivity index (χ0v) is 12.8. The lowest BCUT2D eigenvalue weighted by molar-refractivity contribution is -0.115. The van der Waals surface area contributed by atoms with Gasteiger partial charge in [-0.1, -0.05) is 42.0 Å². The summed E-state index contributed by atoms with van der Waals surface area (Å²) in [5.41, 5.74) is 3.57. The van der Waals surface area contributed by atoms with E-state index < -0.39 is 0 Å². The molecule has 0 aliphatic heterocycles. The maximum absolute atomic E-state index is 11.9. The molecule has 0 aliphatic carbocycles. The number of nitrogens with one attached hydrogen (secondary N) is 2.